The lowest BCUT2D eigenvalue weighted by Gasteiger charge is -2.24. The lowest BCUT2D eigenvalue weighted by Crippen LogP contribution is -2.22. The smallest absolute Gasteiger partial charge is 0.251 e. The highest BCUT2D eigenvalue weighted by molar-refractivity contribution is 5.25. The van der Waals surface area contributed by atoms with Crippen LogP contribution in [0.3, 0.4) is 0 Å². The first kappa shape index (κ1) is 13.8. The van der Waals surface area contributed by atoms with Gasteiger partial charge in [0.1, 0.15) is 5.75 Å². The predicted molar refractivity (Wildman–Crippen MR) is 70.5 cm³/mol. The molecule has 0 aromatic carbocycles. The number of hydrogen-bond acceptors (Lipinski definition) is 2. The lowest BCUT2D eigenvalue weighted by atomic mass is 9.83. The third-order valence-electron chi connectivity index (χ3n) is 3.21. The van der Waals surface area contributed by atoms with Gasteiger partial charge in [0.15, 0.2) is 0 Å². The summed E-state index contributed by atoms with van der Waals surface area (Å²) in [7, 11) is 0. The van der Waals surface area contributed by atoms with Crippen LogP contribution in [0.1, 0.15) is 58.6 Å². The van der Waals surface area contributed by atoms with Gasteiger partial charge in [-0.05, 0) is 12.5 Å². The van der Waals surface area contributed by atoms with E-state index in [1.165, 1.54) is 25.3 Å². The first-order chi connectivity index (χ1) is 7.95. The molecule has 0 saturated heterocycles. The molecule has 3 nitrogen and oxygen atoms in total. The summed E-state index contributed by atoms with van der Waals surface area (Å²) in [6.45, 7) is 6.39. The maximum absolute atomic E-state index is 11.3. The van der Waals surface area contributed by atoms with E-state index in [2.05, 4.69) is 25.8 Å². The Hall–Kier alpha value is -1.25. The van der Waals surface area contributed by atoms with Gasteiger partial charge in [-0.2, -0.15) is 0 Å². The van der Waals surface area contributed by atoms with Crippen molar-refractivity contribution in [3.05, 3.63) is 28.2 Å². The van der Waals surface area contributed by atoms with E-state index in [-0.39, 0.29) is 16.7 Å². The standard InChI is InChI=1S/C14H23NO2/c1-4-5-6-7-8-14(2,3)12-9-11(16)10-13(17)15-12/h9-10H,4-8H2,1-3H3,(H2,15,16,17). The van der Waals surface area contributed by atoms with Gasteiger partial charge in [-0.15, -0.1) is 0 Å². The van der Waals surface area contributed by atoms with Crippen LogP contribution in [0.5, 0.6) is 5.75 Å². The molecular formula is C14H23NO2. The Morgan fingerprint density at radius 2 is 1.94 bits per heavy atom. The van der Waals surface area contributed by atoms with Crippen molar-refractivity contribution in [2.24, 2.45) is 0 Å². The van der Waals surface area contributed by atoms with Gasteiger partial charge in [0, 0.05) is 17.2 Å². The maximum atomic E-state index is 11.3. The third-order valence-corrected chi connectivity index (χ3v) is 3.21. The van der Waals surface area contributed by atoms with Crippen LogP contribution in [-0.2, 0) is 5.41 Å². The van der Waals surface area contributed by atoms with Gasteiger partial charge in [-0.1, -0.05) is 46.5 Å². The molecule has 0 saturated carbocycles. The van der Waals surface area contributed by atoms with Crippen molar-refractivity contribution < 1.29 is 5.11 Å². The number of unbranched alkanes of at least 4 members (excludes halogenated alkanes) is 3. The fourth-order valence-corrected chi connectivity index (χ4v) is 2.02. The Bertz CT molecular complexity index is 407. The molecule has 0 fully saturated rings. The van der Waals surface area contributed by atoms with E-state index in [1.54, 1.807) is 6.07 Å². The van der Waals surface area contributed by atoms with Crippen LogP contribution in [0.15, 0.2) is 16.9 Å². The van der Waals surface area contributed by atoms with E-state index in [4.69, 9.17) is 0 Å². The molecule has 17 heavy (non-hydrogen) atoms. The number of H-pyrrole nitrogens is 1. The molecule has 0 unspecified atom stereocenters. The zero-order valence-electron chi connectivity index (χ0n) is 11.0. The van der Waals surface area contributed by atoms with Crippen molar-refractivity contribution in [1.29, 1.82) is 0 Å². The van der Waals surface area contributed by atoms with Crippen molar-refractivity contribution >= 4 is 0 Å². The molecule has 1 aromatic rings. The second-order valence-corrected chi connectivity index (χ2v) is 5.31. The van der Waals surface area contributed by atoms with E-state index in [0.29, 0.717) is 0 Å². The maximum Gasteiger partial charge on any atom is 0.251 e. The number of nitrogens with one attached hydrogen (secondary N) is 1. The quantitative estimate of drug-likeness (QED) is 0.746. The van der Waals surface area contributed by atoms with Gasteiger partial charge in [0.25, 0.3) is 5.56 Å². The zero-order chi connectivity index (χ0) is 12.9. The lowest BCUT2D eigenvalue weighted by molar-refractivity contribution is 0.425. The molecule has 0 amide bonds. The van der Waals surface area contributed by atoms with E-state index in [0.717, 1.165) is 18.5 Å². The second kappa shape index (κ2) is 5.89. The molecule has 3 heteroatoms. The van der Waals surface area contributed by atoms with Crippen LogP contribution >= 0.6 is 0 Å². The summed E-state index contributed by atoms with van der Waals surface area (Å²) < 4.78 is 0. The van der Waals surface area contributed by atoms with Crippen LogP contribution in [-0.4, -0.2) is 10.1 Å². The molecule has 0 spiro atoms. The van der Waals surface area contributed by atoms with Crippen LogP contribution in [0.4, 0.5) is 0 Å². The number of aromatic hydroxyl groups is 1. The minimum absolute atomic E-state index is 0.0467. The number of rotatable bonds is 6. The molecule has 0 bridgehead atoms. The Morgan fingerprint density at radius 1 is 1.24 bits per heavy atom. The fourth-order valence-electron chi connectivity index (χ4n) is 2.02. The van der Waals surface area contributed by atoms with Gasteiger partial charge in [0.05, 0.1) is 0 Å². The van der Waals surface area contributed by atoms with Crippen molar-refractivity contribution in [2.75, 3.05) is 0 Å². The minimum atomic E-state index is -0.235. The van der Waals surface area contributed by atoms with Gasteiger partial charge in [-0.3, -0.25) is 4.79 Å². The fraction of sp³-hybridized carbons (Fsp3) is 0.643. The van der Waals surface area contributed by atoms with Gasteiger partial charge < -0.3 is 10.1 Å². The first-order valence-corrected chi connectivity index (χ1v) is 6.39. The number of pyridine rings is 1. The van der Waals surface area contributed by atoms with Crippen molar-refractivity contribution in [3.8, 4) is 5.75 Å². The Morgan fingerprint density at radius 3 is 2.53 bits per heavy atom. The molecule has 0 radical (unpaired) electrons. The summed E-state index contributed by atoms with van der Waals surface area (Å²) in [5.41, 5.74) is 0.492. The molecule has 0 atom stereocenters. The summed E-state index contributed by atoms with van der Waals surface area (Å²) >= 11 is 0. The average Bonchev–Trinajstić information content (AvgIpc) is 2.23. The highest BCUT2D eigenvalue weighted by Gasteiger charge is 2.21. The topological polar surface area (TPSA) is 53.1 Å². The summed E-state index contributed by atoms with van der Waals surface area (Å²) in [6.07, 6.45) is 5.88. The summed E-state index contributed by atoms with van der Waals surface area (Å²) in [6, 6.07) is 2.86. The molecule has 0 aliphatic heterocycles. The molecule has 2 N–H and O–H groups in total. The molecule has 1 aromatic heterocycles. The summed E-state index contributed by atoms with van der Waals surface area (Å²) in [4.78, 5) is 14.1. The van der Waals surface area contributed by atoms with Gasteiger partial charge >= 0.3 is 0 Å². The van der Waals surface area contributed by atoms with Gasteiger partial charge in [0.2, 0.25) is 0 Å². The SMILES string of the molecule is CCCCCCC(C)(C)c1cc(O)cc(=O)[nH]1. The summed E-state index contributed by atoms with van der Waals surface area (Å²) in [5.74, 6) is 0.0467. The van der Waals surface area contributed by atoms with Gasteiger partial charge in [-0.25, -0.2) is 0 Å². The Labute approximate surface area is 103 Å². The van der Waals surface area contributed by atoms with Crippen LogP contribution in [0, 0.1) is 0 Å². The van der Waals surface area contributed by atoms with E-state index < -0.39 is 0 Å². The first-order valence-electron chi connectivity index (χ1n) is 6.39. The number of aromatic amines is 1. The zero-order valence-corrected chi connectivity index (χ0v) is 11.0. The van der Waals surface area contributed by atoms with Crippen molar-refractivity contribution in [1.82, 2.24) is 4.98 Å². The molecule has 1 rings (SSSR count). The van der Waals surface area contributed by atoms with Crippen molar-refractivity contribution in [3.63, 3.8) is 0 Å². The Kier molecular flexibility index (Phi) is 4.79. The second-order valence-electron chi connectivity index (χ2n) is 5.31. The number of hydrogen-bond donors (Lipinski definition) is 2. The monoisotopic (exact) mass is 237 g/mol. The molecule has 1 heterocycles. The predicted octanol–water partition coefficient (Wildman–Crippen LogP) is 3.33. The van der Waals surface area contributed by atoms with E-state index in [9.17, 15) is 9.90 Å². The normalized spacial score (nSPS) is 11.7. The molecule has 0 aliphatic rings. The average molecular weight is 237 g/mol. The Balaban J connectivity index is 2.71. The van der Waals surface area contributed by atoms with E-state index in [1.807, 2.05) is 0 Å². The number of aromatic nitrogens is 1. The van der Waals surface area contributed by atoms with Crippen molar-refractivity contribution in [2.45, 2.75) is 58.3 Å². The highest BCUT2D eigenvalue weighted by atomic mass is 16.3. The minimum Gasteiger partial charge on any atom is -0.508 e. The van der Waals surface area contributed by atoms with E-state index >= 15 is 0 Å². The third kappa shape index (κ3) is 4.25. The highest BCUT2D eigenvalue weighted by Crippen LogP contribution is 2.28. The van der Waals surface area contributed by atoms with Crippen LogP contribution < -0.4 is 5.56 Å². The molecule has 96 valence electrons. The largest absolute Gasteiger partial charge is 0.508 e. The summed E-state index contributed by atoms with van der Waals surface area (Å²) in [5, 5.41) is 9.45. The molecule has 0 aliphatic carbocycles. The van der Waals surface area contributed by atoms with Crippen LogP contribution in [0.25, 0.3) is 0 Å². The molecular weight excluding hydrogens is 214 g/mol. The van der Waals surface area contributed by atoms with Crippen LogP contribution in [0.2, 0.25) is 0 Å².